The van der Waals surface area contributed by atoms with E-state index in [-0.39, 0.29) is 18.3 Å². The third-order valence-electron chi connectivity index (χ3n) is 4.53. The molecule has 0 bridgehead atoms. The quantitative estimate of drug-likeness (QED) is 0.607. The van der Waals surface area contributed by atoms with Crippen LogP contribution in [0.3, 0.4) is 0 Å². The van der Waals surface area contributed by atoms with Crippen LogP contribution < -0.4 is 4.90 Å². The van der Waals surface area contributed by atoms with Crippen molar-refractivity contribution in [3.63, 3.8) is 0 Å². The van der Waals surface area contributed by atoms with Gasteiger partial charge in [-0.2, -0.15) is 0 Å². The van der Waals surface area contributed by atoms with E-state index in [2.05, 4.69) is 30.7 Å². The van der Waals surface area contributed by atoms with E-state index in [0.29, 0.717) is 6.73 Å². The lowest BCUT2D eigenvalue weighted by molar-refractivity contribution is 0.144. The van der Waals surface area contributed by atoms with Gasteiger partial charge in [0.1, 0.15) is 12.5 Å². The molecule has 3 nitrogen and oxygen atoms in total. The fourth-order valence-electron chi connectivity index (χ4n) is 3.27. The molecule has 1 fully saturated rings. The summed E-state index contributed by atoms with van der Waals surface area (Å²) in [4.78, 5) is 6.53. The Hall–Kier alpha value is -0.873. The summed E-state index contributed by atoms with van der Waals surface area (Å²) < 4.78 is 22.8. The predicted octanol–water partition coefficient (Wildman–Crippen LogP) is 4.03. The Kier molecular flexibility index (Phi) is 3.45. The van der Waals surface area contributed by atoms with Gasteiger partial charge in [-0.25, -0.2) is 4.98 Å². The van der Waals surface area contributed by atoms with Crippen LogP contribution in [-0.4, -0.2) is 32.9 Å². The predicted molar refractivity (Wildman–Crippen MR) is 90.7 cm³/mol. The van der Waals surface area contributed by atoms with Crippen molar-refractivity contribution in [3.8, 4) is 0 Å². The van der Waals surface area contributed by atoms with Gasteiger partial charge in [-0.05, 0) is 25.0 Å². The molecule has 116 valence electrons. The first-order chi connectivity index (χ1) is 10.8. The van der Waals surface area contributed by atoms with Crippen LogP contribution in [0.1, 0.15) is 34.0 Å². The minimum atomic E-state index is -1.09. The highest BCUT2D eigenvalue weighted by Gasteiger charge is 2.45. The lowest BCUT2D eigenvalue weighted by atomic mass is 9.81. The summed E-state index contributed by atoms with van der Waals surface area (Å²) in [7, 11) is -1.09. The van der Waals surface area contributed by atoms with Gasteiger partial charge >= 0.3 is 0 Å². The van der Waals surface area contributed by atoms with Crippen LogP contribution in [0.4, 0.5) is 5.82 Å². The molecule has 1 saturated carbocycles. The van der Waals surface area contributed by atoms with Gasteiger partial charge in [0.05, 0.1) is 1.37 Å². The smallest absolute Gasteiger partial charge is 0.134 e. The molecule has 1 aliphatic carbocycles. The van der Waals surface area contributed by atoms with E-state index in [0.717, 1.165) is 43.3 Å². The Morgan fingerprint density at radius 2 is 2.29 bits per heavy atom. The zero-order valence-corrected chi connectivity index (χ0v) is 14.4. The second kappa shape index (κ2) is 5.73. The highest BCUT2D eigenvalue weighted by atomic mass is 28.3. The monoisotopic (exact) mass is 306 g/mol. The van der Waals surface area contributed by atoms with Crippen LogP contribution in [0.25, 0.3) is 0 Å². The number of hydrogen-bond donors (Lipinski definition) is 0. The Morgan fingerprint density at radius 1 is 1.43 bits per heavy atom. The first-order valence-corrected chi connectivity index (χ1v) is 11.7. The number of anilines is 1. The zero-order valence-electron chi connectivity index (χ0n) is 15.4. The molecule has 0 aromatic carbocycles. The fraction of sp³-hybridized carbons (Fsp3) is 0.706. The molecule has 2 heterocycles. The molecule has 21 heavy (non-hydrogen) atoms. The van der Waals surface area contributed by atoms with E-state index in [4.69, 9.17) is 7.48 Å². The Balaban J connectivity index is 1.74. The average Bonchev–Trinajstić information content (AvgIpc) is 2.98. The minimum absolute atomic E-state index is 0.0522. The molecule has 1 aromatic rings. The molecule has 3 rings (SSSR count). The maximum absolute atomic E-state index is 8.80. The van der Waals surface area contributed by atoms with Gasteiger partial charge in [0, 0.05) is 39.7 Å². The van der Waals surface area contributed by atoms with Crippen molar-refractivity contribution in [1.29, 1.82) is 0 Å². The van der Waals surface area contributed by atoms with E-state index < -0.39 is 8.07 Å². The van der Waals surface area contributed by atoms with Gasteiger partial charge in [0.25, 0.3) is 0 Å². The van der Waals surface area contributed by atoms with Gasteiger partial charge in [-0.3, -0.25) is 0 Å². The largest absolute Gasteiger partial charge is 0.361 e. The number of fused-ring (bicyclic) bond motifs is 2. The lowest BCUT2D eigenvalue weighted by Crippen LogP contribution is -2.33. The highest BCUT2D eigenvalue weighted by molar-refractivity contribution is 6.76. The number of nitrogens with zero attached hydrogens (tertiary/aromatic N) is 2. The molecule has 0 N–H and O–H groups in total. The summed E-state index contributed by atoms with van der Waals surface area (Å²) in [6.45, 7) is 7.85. The third kappa shape index (κ3) is 3.16. The summed E-state index contributed by atoms with van der Waals surface area (Å²) in [6.07, 6.45) is 4.31. The van der Waals surface area contributed by atoms with Crippen LogP contribution in [0.15, 0.2) is 18.3 Å². The minimum Gasteiger partial charge on any atom is -0.361 e. The highest BCUT2D eigenvalue weighted by Crippen LogP contribution is 2.49. The van der Waals surface area contributed by atoms with Crippen molar-refractivity contribution >= 4 is 13.9 Å². The molecule has 0 radical (unpaired) electrons. The van der Waals surface area contributed by atoms with Gasteiger partial charge in [0.2, 0.25) is 0 Å². The summed E-state index contributed by atoms with van der Waals surface area (Å²) in [6, 6.07) is 5.20. The first kappa shape index (κ1) is 12.6. The second-order valence-corrected chi connectivity index (χ2v) is 13.1. The van der Waals surface area contributed by atoms with E-state index in [1.165, 1.54) is 0 Å². The SMILES string of the molecule is [2H]C1CCC2(C1)c1cccnc1N(COCC[Si](C)(C)C)C2[2H]. The number of rotatable bonds is 5. The maximum Gasteiger partial charge on any atom is 0.134 e. The standard InChI is InChI=1S/C17H28N2OSi/c1-21(2,3)12-11-20-14-19-13-17(8-4-5-9-17)15-7-6-10-18-16(15)19/h6-7,10H,4-5,8-9,11-14H2,1-3H3/i4D,13D. The van der Waals surface area contributed by atoms with Crippen LogP contribution in [-0.2, 0) is 10.2 Å². The lowest BCUT2D eigenvalue weighted by Gasteiger charge is -2.25. The topological polar surface area (TPSA) is 25.4 Å². The molecular formula is C17H28N2OSi. The van der Waals surface area contributed by atoms with Crippen LogP contribution in [0.5, 0.6) is 0 Å². The molecule has 2 aliphatic rings. The summed E-state index contributed by atoms with van der Waals surface area (Å²) in [5.74, 6) is 0.898. The van der Waals surface area contributed by atoms with Crippen molar-refractivity contribution in [3.05, 3.63) is 23.9 Å². The van der Waals surface area contributed by atoms with Crippen molar-refractivity contribution in [2.45, 2.75) is 56.8 Å². The van der Waals surface area contributed by atoms with Gasteiger partial charge in [0.15, 0.2) is 0 Å². The Bertz CT molecular complexity index is 566. The Labute approximate surface area is 132 Å². The normalized spacial score (nSPS) is 33.2. The van der Waals surface area contributed by atoms with E-state index >= 15 is 0 Å². The average molecular weight is 307 g/mol. The molecule has 1 aliphatic heterocycles. The molecule has 0 saturated heterocycles. The number of ether oxygens (including phenoxy) is 1. The van der Waals surface area contributed by atoms with E-state index in [9.17, 15) is 0 Å². The Morgan fingerprint density at radius 3 is 3.00 bits per heavy atom. The van der Waals surface area contributed by atoms with Crippen LogP contribution >= 0.6 is 0 Å². The third-order valence-corrected chi connectivity index (χ3v) is 6.23. The molecule has 1 aromatic heterocycles. The fourth-order valence-corrected chi connectivity index (χ4v) is 4.02. The summed E-state index contributed by atoms with van der Waals surface area (Å²) in [5, 5.41) is 0. The van der Waals surface area contributed by atoms with E-state index in [1.807, 2.05) is 11.0 Å². The van der Waals surface area contributed by atoms with Crippen LogP contribution in [0.2, 0.25) is 25.7 Å². The molecule has 3 atom stereocenters. The van der Waals surface area contributed by atoms with E-state index in [1.54, 1.807) is 6.20 Å². The molecular weight excluding hydrogens is 276 g/mol. The number of pyridine rings is 1. The van der Waals surface area contributed by atoms with Gasteiger partial charge in [-0.1, -0.05) is 38.5 Å². The van der Waals surface area contributed by atoms with Crippen molar-refractivity contribution < 1.29 is 7.48 Å². The molecule has 3 unspecified atom stereocenters. The number of aromatic nitrogens is 1. The van der Waals surface area contributed by atoms with Crippen LogP contribution in [0, 0.1) is 0 Å². The molecule has 4 heteroatoms. The van der Waals surface area contributed by atoms with Gasteiger partial charge in [-0.15, -0.1) is 0 Å². The van der Waals surface area contributed by atoms with Crippen molar-refractivity contribution in [2.75, 3.05) is 24.8 Å². The number of hydrogen-bond acceptors (Lipinski definition) is 3. The molecule has 1 spiro atoms. The van der Waals surface area contributed by atoms with Crippen molar-refractivity contribution in [2.24, 2.45) is 0 Å². The zero-order chi connectivity index (χ0) is 16.7. The summed E-state index contributed by atoms with van der Waals surface area (Å²) in [5.41, 5.74) is 0.932. The van der Waals surface area contributed by atoms with Gasteiger partial charge < -0.3 is 9.64 Å². The van der Waals surface area contributed by atoms with Crippen molar-refractivity contribution in [1.82, 2.24) is 4.98 Å². The second-order valence-electron chi connectivity index (χ2n) is 7.51. The maximum atomic E-state index is 8.80. The summed E-state index contributed by atoms with van der Waals surface area (Å²) >= 11 is 0. The first-order valence-electron chi connectivity index (χ1n) is 9.13. The molecule has 0 amide bonds.